The first kappa shape index (κ1) is 21.6. The number of urea groups is 1. The van der Waals surface area contributed by atoms with Crippen LogP contribution < -0.4 is 25.4 Å². The van der Waals surface area contributed by atoms with Crippen LogP contribution in [0.5, 0.6) is 17.4 Å². The first-order valence-corrected chi connectivity index (χ1v) is 10.0. The quantitative estimate of drug-likeness (QED) is 0.406. The molecule has 33 heavy (non-hydrogen) atoms. The van der Waals surface area contributed by atoms with Crippen molar-refractivity contribution in [2.45, 2.75) is 0 Å². The third-order valence-electron chi connectivity index (χ3n) is 4.65. The molecule has 0 fully saturated rings. The first-order valence-electron chi connectivity index (χ1n) is 10.0. The minimum atomic E-state index is -0.464. The van der Waals surface area contributed by atoms with E-state index >= 15 is 0 Å². The van der Waals surface area contributed by atoms with Crippen LogP contribution in [0.3, 0.4) is 0 Å². The number of benzene rings is 2. The maximum atomic E-state index is 12.6. The van der Waals surface area contributed by atoms with Crippen LogP contribution in [0.4, 0.5) is 16.2 Å². The predicted molar refractivity (Wildman–Crippen MR) is 125 cm³/mol. The molecular weight excluding hydrogens is 422 g/mol. The molecule has 0 aliphatic carbocycles. The number of amides is 3. The number of para-hydroxylation sites is 1. The minimum absolute atomic E-state index is 0.238. The van der Waals surface area contributed by atoms with Crippen LogP contribution in [0.15, 0.2) is 72.9 Å². The fourth-order valence-corrected chi connectivity index (χ4v) is 3.13. The van der Waals surface area contributed by atoms with Crippen molar-refractivity contribution in [3.8, 4) is 17.4 Å². The molecule has 3 N–H and O–H groups in total. The van der Waals surface area contributed by atoms with Gasteiger partial charge in [-0.1, -0.05) is 24.3 Å². The normalized spacial score (nSPS) is 10.4. The highest BCUT2D eigenvalue weighted by molar-refractivity contribution is 6.02. The molecule has 4 rings (SSSR count). The molecule has 4 aromatic rings. The third-order valence-corrected chi connectivity index (χ3v) is 4.65. The molecule has 0 saturated heterocycles. The second-order valence-electron chi connectivity index (χ2n) is 6.90. The topological polar surface area (TPSA) is 114 Å². The lowest BCUT2D eigenvalue weighted by Crippen LogP contribution is -2.20. The van der Waals surface area contributed by atoms with E-state index < -0.39 is 6.03 Å². The van der Waals surface area contributed by atoms with E-state index in [4.69, 9.17) is 9.47 Å². The van der Waals surface area contributed by atoms with Gasteiger partial charge in [-0.2, -0.15) is 0 Å². The monoisotopic (exact) mass is 443 g/mol. The molecule has 2 heterocycles. The predicted octanol–water partition coefficient (Wildman–Crippen LogP) is 4.43. The zero-order valence-corrected chi connectivity index (χ0v) is 18.0. The zero-order valence-electron chi connectivity index (χ0n) is 18.0. The molecule has 3 amide bonds. The molecule has 0 aliphatic heterocycles. The molecule has 0 atom stereocenters. The van der Waals surface area contributed by atoms with Gasteiger partial charge in [-0.3, -0.25) is 9.78 Å². The van der Waals surface area contributed by atoms with Crippen molar-refractivity contribution in [1.29, 1.82) is 0 Å². The molecular formula is C24H21N5O4. The van der Waals surface area contributed by atoms with Crippen LogP contribution in [-0.2, 0) is 0 Å². The highest BCUT2D eigenvalue weighted by atomic mass is 16.5. The zero-order chi connectivity index (χ0) is 23.2. The summed E-state index contributed by atoms with van der Waals surface area (Å²) in [5.41, 5.74) is 1.96. The van der Waals surface area contributed by atoms with Crippen LogP contribution in [0.2, 0.25) is 0 Å². The fourth-order valence-electron chi connectivity index (χ4n) is 3.13. The maximum Gasteiger partial charge on any atom is 0.323 e. The molecule has 0 aliphatic rings. The van der Waals surface area contributed by atoms with Gasteiger partial charge in [0.1, 0.15) is 22.9 Å². The van der Waals surface area contributed by atoms with Crippen molar-refractivity contribution in [2.75, 3.05) is 24.8 Å². The van der Waals surface area contributed by atoms with Gasteiger partial charge >= 0.3 is 6.03 Å². The summed E-state index contributed by atoms with van der Waals surface area (Å²) in [6.45, 7) is 0. The number of hydrogen-bond donors (Lipinski definition) is 3. The van der Waals surface area contributed by atoms with Gasteiger partial charge in [0.2, 0.25) is 5.88 Å². The van der Waals surface area contributed by atoms with Gasteiger partial charge in [-0.05, 0) is 30.3 Å². The summed E-state index contributed by atoms with van der Waals surface area (Å²) in [5.74, 6) is 0.917. The largest absolute Gasteiger partial charge is 0.479 e. The van der Waals surface area contributed by atoms with Gasteiger partial charge in [-0.25, -0.2) is 9.78 Å². The van der Waals surface area contributed by atoms with E-state index in [0.29, 0.717) is 28.8 Å². The van der Waals surface area contributed by atoms with Crippen molar-refractivity contribution >= 4 is 34.2 Å². The number of anilines is 2. The third kappa shape index (κ3) is 5.16. The molecule has 0 unspecified atom stereocenters. The average Bonchev–Trinajstić information content (AvgIpc) is 2.83. The van der Waals surface area contributed by atoms with Crippen LogP contribution >= 0.6 is 0 Å². The van der Waals surface area contributed by atoms with Crippen LogP contribution in [0.1, 0.15) is 10.5 Å². The molecule has 0 spiro atoms. The lowest BCUT2D eigenvalue weighted by molar-refractivity contribution is 0.0958. The second-order valence-corrected chi connectivity index (χ2v) is 6.90. The lowest BCUT2D eigenvalue weighted by Gasteiger charge is -2.12. The Balaban J connectivity index is 1.47. The Morgan fingerprint density at radius 2 is 1.73 bits per heavy atom. The van der Waals surface area contributed by atoms with Crippen LogP contribution in [-0.4, -0.2) is 36.1 Å². The van der Waals surface area contributed by atoms with Crippen LogP contribution in [0, 0.1) is 0 Å². The Labute approximate surface area is 189 Å². The summed E-state index contributed by atoms with van der Waals surface area (Å²) >= 11 is 0. The summed E-state index contributed by atoms with van der Waals surface area (Å²) in [5, 5.41) is 8.92. The Hall–Kier alpha value is -4.66. The van der Waals surface area contributed by atoms with Gasteiger partial charge in [0.25, 0.3) is 5.91 Å². The van der Waals surface area contributed by atoms with E-state index in [1.807, 2.05) is 24.3 Å². The maximum absolute atomic E-state index is 12.6. The SMILES string of the molecule is CNC(=O)c1cc(Oc2cccc(NC(=O)Nc3cc4ccccc4nc3OC)c2)ccn1. The molecule has 0 saturated carbocycles. The van der Waals surface area contributed by atoms with E-state index in [2.05, 4.69) is 25.9 Å². The number of pyridine rings is 2. The van der Waals surface area contributed by atoms with Gasteiger partial charge in [0.05, 0.1) is 12.6 Å². The Morgan fingerprint density at radius 3 is 2.55 bits per heavy atom. The second kappa shape index (κ2) is 9.65. The smallest absolute Gasteiger partial charge is 0.323 e. The fraction of sp³-hybridized carbons (Fsp3) is 0.0833. The number of aromatic nitrogens is 2. The Kier molecular flexibility index (Phi) is 6.31. The number of ether oxygens (including phenoxy) is 2. The molecule has 0 bridgehead atoms. The van der Waals surface area contributed by atoms with Crippen molar-refractivity contribution < 1.29 is 19.1 Å². The summed E-state index contributed by atoms with van der Waals surface area (Å²) in [6, 6.07) is 18.9. The van der Waals surface area contributed by atoms with Gasteiger partial charge < -0.3 is 25.4 Å². The first-order chi connectivity index (χ1) is 16.1. The molecule has 2 aromatic carbocycles. The van der Waals surface area contributed by atoms with Crippen LogP contribution in [0.25, 0.3) is 10.9 Å². The minimum Gasteiger partial charge on any atom is -0.479 e. The van der Waals surface area contributed by atoms with E-state index in [9.17, 15) is 9.59 Å². The van der Waals surface area contributed by atoms with Crippen molar-refractivity contribution in [1.82, 2.24) is 15.3 Å². The Morgan fingerprint density at radius 1 is 0.909 bits per heavy atom. The number of methoxy groups -OCH3 is 1. The number of carbonyl (C=O) groups excluding carboxylic acids is 2. The van der Waals surface area contributed by atoms with E-state index in [1.165, 1.54) is 26.4 Å². The average molecular weight is 443 g/mol. The lowest BCUT2D eigenvalue weighted by atomic mass is 10.2. The van der Waals surface area contributed by atoms with Gasteiger partial charge in [-0.15, -0.1) is 0 Å². The molecule has 2 aromatic heterocycles. The Bertz CT molecular complexity index is 1330. The summed E-state index contributed by atoms with van der Waals surface area (Å²) in [4.78, 5) is 32.8. The number of nitrogens with zero attached hydrogens (tertiary/aromatic N) is 2. The molecule has 9 heteroatoms. The van der Waals surface area contributed by atoms with Gasteiger partial charge in [0, 0.05) is 36.5 Å². The number of fused-ring (bicyclic) bond motifs is 1. The number of nitrogens with one attached hydrogen (secondary N) is 3. The summed E-state index contributed by atoms with van der Waals surface area (Å²) in [6.07, 6.45) is 1.49. The highest BCUT2D eigenvalue weighted by Gasteiger charge is 2.12. The molecule has 0 radical (unpaired) electrons. The molecule has 166 valence electrons. The van der Waals surface area contributed by atoms with E-state index in [-0.39, 0.29) is 11.6 Å². The number of carbonyl (C=O) groups is 2. The molecule has 9 nitrogen and oxygen atoms in total. The standard InChI is InChI=1S/C24H21N5O4/c1-25-22(30)20-14-18(10-11-26-20)33-17-8-5-7-16(13-17)27-24(31)29-21-12-15-6-3-4-9-19(15)28-23(21)32-2/h3-14H,1-2H3,(H,25,30)(H2,27,29,31). The summed E-state index contributed by atoms with van der Waals surface area (Å²) in [7, 11) is 3.02. The van der Waals surface area contributed by atoms with Gasteiger partial charge in [0.15, 0.2) is 0 Å². The summed E-state index contributed by atoms with van der Waals surface area (Å²) < 4.78 is 11.1. The van der Waals surface area contributed by atoms with Crippen molar-refractivity contribution in [2.24, 2.45) is 0 Å². The van der Waals surface area contributed by atoms with E-state index in [1.54, 1.807) is 36.4 Å². The van der Waals surface area contributed by atoms with E-state index in [0.717, 1.165) is 10.9 Å². The number of rotatable bonds is 6. The van der Waals surface area contributed by atoms with Crippen molar-refractivity contribution in [3.05, 3.63) is 78.6 Å². The highest BCUT2D eigenvalue weighted by Crippen LogP contribution is 2.28. The van der Waals surface area contributed by atoms with Crippen molar-refractivity contribution in [3.63, 3.8) is 0 Å². The number of hydrogen-bond acceptors (Lipinski definition) is 6.